The standard InChI is InChI=1S/C12H16N2O9/c13-11(19)9(17)7(15)8(16)10(18)12(20)23-6-3-1-5(2-4-6)14(21)22/h1-4,7-11,15-19H,13H2. The lowest BCUT2D eigenvalue weighted by molar-refractivity contribution is -0.384. The van der Waals surface area contributed by atoms with Crippen molar-refractivity contribution in [2.75, 3.05) is 0 Å². The summed E-state index contributed by atoms with van der Waals surface area (Å²) in [7, 11) is 0. The molecule has 0 bridgehead atoms. The second-order valence-corrected chi connectivity index (χ2v) is 4.58. The molecule has 23 heavy (non-hydrogen) atoms. The van der Waals surface area contributed by atoms with Gasteiger partial charge in [-0.2, -0.15) is 0 Å². The predicted octanol–water partition coefficient (Wildman–Crippen LogP) is -2.78. The third kappa shape index (κ3) is 4.92. The van der Waals surface area contributed by atoms with Crippen LogP contribution in [-0.2, 0) is 4.79 Å². The lowest BCUT2D eigenvalue weighted by atomic mass is 10.0. The van der Waals surface area contributed by atoms with Gasteiger partial charge in [0.2, 0.25) is 0 Å². The first-order chi connectivity index (χ1) is 10.6. The average molecular weight is 332 g/mol. The molecule has 11 nitrogen and oxygen atoms in total. The Kier molecular flexibility index (Phi) is 6.50. The fourth-order valence-electron chi connectivity index (χ4n) is 1.54. The number of non-ortho nitro benzene ring substituents is 1. The number of hydrogen-bond donors (Lipinski definition) is 6. The molecule has 0 aliphatic carbocycles. The van der Waals surface area contributed by atoms with Gasteiger partial charge in [-0.1, -0.05) is 0 Å². The highest BCUT2D eigenvalue weighted by atomic mass is 16.6. The van der Waals surface area contributed by atoms with Gasteiger partial charge in [-0.05, 0) is 12.1 Å². The maximum Gasteiger partial charge on any atom is 0.343 e. The van der Waals surface area contributed by atoms with Crippen LogP contribution in [0, 0.1) is 10.1 Å². The molecule has 0 spiro atoms. The van der Waals surface area contributed by atoms with Gasteiger partial charge in [0.15, 0.2) is 6.10 Å². The van der Waals surface area contributed by atoms with Crippen molar-refractivity contribution < 1.29 is 40.0 Å². The quantitative estimate of drug-likeness (QED) is 0.0998. The lowest BCUT2D eigenvalue weighted by Crippen LogP contribution is -2.53. The molecule has 0 aliphatic heterocycles. The Morgan fingerprint density at radius 3 is 2.00 bits per heavy atom. The molecule has 0 saturated carbocycles. The number of aliphatic hydroxyl groups is 5. The zero-order valence-electron chi connectivity index (χ0n) is 11.6. The summed E-state index contributed by atoms with van der Waals surface area (Å²) in [4.78, 5) is 21.4. The molecular formula is C12H16N2O9. The van der Waals surface area contributed by atoms with Crippen LogP contribution in [0.5, 0.6) is 5.75 Å². The second-order valence-electron chi connectivity index (χ2n) is 4.58. The molecule has 1 aromatic rings. The Morgan fingerprint density at radius 2 is 1.57 bits per heavy atom. The topological polar surface area (TPSA) is 197 Å². The molecule has 0 saturated heterocycles. The van der Waals surface area contributed by atoms with Crippen LogP contribution in [0.1, 0.15) is 0 Å². The van der Waals surface area contributed by atoms with Crippen LogP contribution in [0.3, 0.4) is 0 Å². The Balaban J connectivity index is 2.71. The summed E-state index contributed by atoms with van der Waals surface area (Å²) >= 11 is 0. The maximum absolute atomic E-state index is 11.6. The number of nitro groups is 1. The van der Waals surface area contributed by atoms with Gasteiger partial charge in [-0.25, -0.2) is 4.79 Å². The van der Waals surface area contributed by atoms with E-state index in [9.17, 15) is 35.3 Å². The van der Waals surface area contributed by atoms with E-state index in [4.69, 9.17) is 10.8 Å². The average Bonchev–Trinajstić information content (AvgIpc) is 2.52. The number of esters is 1. The molecule has 11 heteroatoms. The molecule has 128 valence electrons. The van der Waals surface area contributed by atoms with Crippen LogP contribution < -0.4 is 10.5 Å². The highest BCUT2D eigenvalue weighted by Crippen LogP contribution is 2.18. The Labute approximate surface area is 129 Å². The molecule has 1 aromatic carbocycles. The van der Waals surface area contributed by atoms with E-state index in [2.05, 4.69) is 4.74 Å². The number of nitro benzene ring substituents is 1. The van der Waals surface area contributed by atoms with Crippen LogP contribution in [0.2, 0.25) is 0 Å². The van der Waals surface area contributed by atoms with E-state index in [0.717, 1.165) is 24.3 Å². The maximum atomic E-state index is 11.6. The first kappa shape index (κ1) is 18.9. The molecule has 5 unspecified atom stereocenters. The summed E-state index contributed by atoms with van der Waals surface area (Å²) in [6.07, 6.45) is -10.5. The fraction of sp³-hybridized carbons (Fsp3) is 0.417. The minimum Gasteiger partial charge on any atom is -0.425 e. The van der Waals surface area contributed by atoms with E-state index in [1.165, 1.54) is 0 Å². The molecule has 0 radical (unpaired) electrons. The summed E-state index contributed by atoms with van der Waals surface area (Å²) < 4.78 is 4.66. The van der Waals surface area contributed by atoms with Gasteiger partial charge in [0, 0.05) is 12.1 Å². The van der Waals surface area contributed by atoms with Crippen LogP contribution in [0.25, 0.3) is 0 Å². The lowest BCUT2D eigenvalue weighted by Gasteiger charge is -2.26. The predicted molar refractivity (Wildman–Crippen MR) is 73.0 cm³/mol. The molecule has 7 N–H and O–H groups in total. The normalized spacial score (nSPS) is 17.7. The Morgan fingerprint density at radius 1 is 1.04 bits per heavy atom. The minimum atomic E-state index is -2.26. The molecular weight excluding hydrogens is 316 g/mol. The van der Waals surface area contributed by atoms with Gasteiger partial charge >= 0.3 is 5.97 Å². The molecule has 0 aliphatic rings. The largest absolute Gasteiger partial charge is 0.425 e. The number of nitrogens with two attached hydrogens (primary N) is 1. The van der Waals surface area contributed by atoms with Crippen molar-refractivity contribution in [1.29, 1.82) is 0 Å². The summed E-state index contributed by atoms with van der Waals surface area (Å²) in [6, 6.07) is 4.28. The zero-order chi connectivity index (χ0) is 17.7. The number of hydrogen-bond acceptors (Lipinski definition) is 10. The van der Waals surface area contributed by atoms with Crippen molar-refractivity contribution in [2.45, 2.75) is 30.6 Å². The van der Waals surface area contributed by atoms with Crippen molar-refractivity contribution in [2.24, 2.45) is 5.73 Å². The molecule has 1 rings (SSSR count). The number of aliphatic hydroxyl groups excluding tert-OH is 5. The van der Waals surface area contributed by atoms with Crippen LogP contribution in [0.4, 0.5) is 5.69 Å². The molecule has 5 atom stereocenters. The minimum absolute atomic E-state index is 0.152. The number of ether oxygens (including phenoxy) is 1. The van der Waals surface area contributed by atoms with Gasteiger partial charge < -0.3 is 36.0 Å². The summed E-state index contributed by atoms with van der Waals surface area (Å²) in [5.41, 5.74) is 4.65. The Hall–Kier alpha value is -2.15. The first-order valence-corrected chi connectivity index (χ1v) is 6.27. The molecule has 0 fully saturated rings. The van der Waals surface area contributed by atoms with Crippen molar-refractivity contribution in [3.05, 3.63) is 34.4 Å². The molecule has 0 aromatic heterocycles. The van der Waals surface area contributed by atoms with E-state index < -0.39 is 41.5 Å². The number of benzene rings is 1. The highest BCUT2D eigenvalue weighted by Gasteiger charge is 2.37. The number of carbonyl (C=O) groups is 1. The zero-order valence-corrected chi connectivity index (χ0v) is 11.6. The molecule has 0 heterocycles. The van der Waals surface area contributed by atoms with Crippen LogP contribution in [-0.4, -0.2) is 67.1 Å². The van der Waals surface area contributed by atoms with E-state index in [-0.39, 0.29) is 11.4 Å². The van der Waals surface area contributed by atoms with Gasteiger partial charge in [0.25, 0.3) is 5.69 Å². The van der Waals surface area contributed by atoms with E-state index >= 15 is 0 Å². The van der Waals surface area contributed by atoms with Crippen molar-refractivity contribution in [1.82, 2.24) is 0 Å². The monoisotopic (exact) mass is 332 g/mol. The van der Waals surface area contributed by atoms with E-state index in [1.807, 2.05) is 0 Å². The van der Waals surface area contributed by atoms with Crippen molar-refractivity contribution >= 4 is 11.7 Å². The van der Waals surface area contributed by atoms with Crippen LogP contribution >= 0.6 is 0 Å². The summed E-state index contributed by atoms with van der Waals surface area (Å²) in [6.45, 7) is 0. The number of nitrogens with zero attached hydrogens (tertiary/aromatic N) is 1. The number of rotatable bonds is 7. The van der Waals surface area contributed by atoms with Crippen molar-refractivity contribution in [3.8, 4) is 5.75 Å². The van der Waals surface area contributed by atoms with Gasteiger partial charge in [0.1, 0.15) is 30.3 Å². The Bertz CT molecular complexity index is 548. The third-order valence-electron chi connectivity index (χ3n) is 2.88. The van der Waals surface area contributed by atoms with Gasteiger partial charge in [0.05, 0.1) is 4.92 Å². The SMILES string of the molecule is NC(O)C(O)C(O)C(O)C(O)C(=O)Oc1ccc([N+](=O)[O-])cc1. The van der Waals surface area contributed by atoms with E-state index in [0.29, 0.717) is 0 Å². The van der Waals surface area contributed by atoms with Gasteiger partial charge in [-0.3, -0.25) is 10.1 Å². The van der Waals surface area contributed by atoms with E-state index in [1.54, 1.807) is 0 Å². The first-order valence-electron chi connectivity index (χ1n) is 6.27. The van der Waals surface area contributed by atoms with Gasteiger partial charge in [-0.15, -0.1) is 0 Å². The fourth-order valence-corrected chi connectivity index (χ4v) is 1.54. The molecule has 0 amide bonds. The smallest absolute Gasteiger partial charge is 0.343 e. The second kappa shape index (κ2) is 7.92. The van der Waals surface area contributed by atoms with Crippen molar-refractivity contribution in [3.63, 3.8) is 0 Å². The summed E-state index contributed by atoms with van der Waals surface area (Å²) in [5.74, 6) is -1.54. The highest BCUT2D eigenvalue weighted by molar-refractivity contribution is 5.77. The summed E-state index contributed by atoms with van der Waals surface area (Å²) in [5, 5.41) is 57.2. The third-order valence-corrected chi connectivity index (χ3v) is 2.88. The van der Waals surface area contributed by atoms with Crippen LogP contribution in [0.15, 0.2) is 24.3 Å². The number of carbonyl (C=O) groups excluding carboxylic acids is 1.